The van der Waals surface area contributed by atoms with Crippen molar-refractivity contribution in [1.82, 2.24) is 0 Å². The number of halogens is 4. The molecule has 0 aromatic heterocycles. The predicted molar refractivity (Wildman–Crippen MR) is 44.5 cm³/mol. The Morgan fingerprint density at radius 2 is 1.43 bits per heavy atom. The number of hydrogen-bond acceptors (Lipinski definition) is 5. The molecule has 0 radical (unpaired) electrons. The van der Waals surface area contributed by atoms with Crippen molar-refractivity contribution >= 4 is 58.7 Å². The average Bonchev–Trinajstić information content (AvgIpc) is 1.78. The Kier molecular flexibility index (Phi) is 4.38. The third-order valence-corrected chi connectivity index (χ3v) is 2.53. The van der Waals surface area contributed by atoms with Gasteiger partial charge < -0.3 is 24.5 Å². The molecule has 0 saturated heterocycles. The van der Waals surface area contributed by atoms with E-state index in [0.29, 0.717) is 0 Å². The van der Waals surface area contributed by atoms with Crippen LogP contribution in [0.25, 0.3) is 0 Å². The first-order valence-electron chi connectivity index (χ1n) is 2.66. The summed E-state index contributed by atoms with van der Waals surface area (Å²) in [5.74, 6) is 0. The Bertz CT molecular complexity index is 224. The number of hydrogen-bond donors (Lipinski definition) is 1. The molecule has 0 rings (SSSR count). The van der Waals surface area contributed by atoms with E-state index in [4.69, 9.17) is 51.5 Å². The molecule has 0 aromatic rings. The summed E-state index contributed by atoms with van der Waals surface area (Å²) in [5.41, 5.74) is 0. The van der Waals surface area contributed by atoms with E-state index < -0.39 is 21.3 Å². The first-order chi connectivity index (χ1) is 6.08. The molecule has 0 aromatic carbocycles. The largest absolute Gasteiger partial charge is 0.509 e. The van der Waals surface area contributed by atoms with Gasteiger partial charge in [0.2, 0.25) is 0 Å². The van der Waals surface area contributed by atoms with E-state index in [-0.39, 0.29) is 0 Å². The van der Waals surface area contributed by atoms with Crippen molar-refractivity contribution < 1.29 is 29.3 Å². The van der Waals surface area contributed by atoms with Gasteiger partial charge in [-0.05, 0) is 0 Å². The van der Waals surface area contributed by atoms with Crippen LogP contribution in [0.4, 0.5) is 9.59 Å². The lowest BCUT2D eigenvalue weighted by molar-refractivity contribution is -0.288. The zero-order valence-electron chi connectivity index (χ0n) is 6.00. The number of carbonyl (C=O) groups is 2. The molecule has 0 atom stereocenters. The van der Waals surface area contributed by atoms with Crippen molar-refractivity contribution in [3.63, 3.8) is 0 Å². The van der Waals surface area contributed by atoms with Gasteiger partial charge in [0.1, 0.15) is 0 Å². The third kappa shape index (κ3) is 3.83. The van der Waals surface area contributed by atoms with E-state index in [9.17, 15) is 14.7 Å². The summed E-state index contributed by atoms with van der Waals surface area (Å²) in [6.07, 6.45) is -4.09. The number of carbonyl (C=O) groups excluding carboxylic acids is 1. The molecule has 0 aliphatic rings. The van der Waals surface area contributed by atoms with Gasteiger partial charge >= 0.3 is 10.7 Å². The van der Waals surface area contributed by atoms with Crippen LogP contribution in [0.2, 0.25) is 0 Å². The van der Waals surface area contributed by atoms with E-state index in [1.165, 1.54) is 0 Å². The molecule has 0 aliphatic heterocycles. The maximum atomic E-state index is 10.0. The minimum atomic E-state index is -2.84. The molecular weight excluding hydrogens is 286 g/mol. The molecule has 0 saturated carbocycles. The van der Waals surface area contributed by atoms with Crippen LogP contribution in [0.1, 0.15) is 0 Å². The summed E-state index contributed by atoms with van der Waals surface area (Å²) in [4.78, 5) is 19.9. The fraction of sp³-hybridized carbons (Fsp3) is 0.500. The number of rotatable bonds is 3. The van der Waals surface area contributed by atoms with Gasteiger partial charge in [0, 0.05) is 0 Å². The van der Waals surface area contributed by atoms with E-state index in [2.05, 4.69) is 9.47 Å². The molecule has 0 bridgehead atoms. The van der Waals surface area contributed by atoms with Gasteiger partial charge in [0.25, 0.3) is 10.7 Å². The van der Waals surface area contributed by atoms with Crippen molar-refractivity contribution in [2.24, 2.45) is 0 Å². The maximum absolute atomic E-state index is 10.0. The van der Waals surface area contributed by atoms with E-state index >= 15 is 0 Å². The highest BCUT2D eigenvalue weighted by Gasteiger charge is 2.51. The second-order valence-electron chi connectivity index (χ2n) is 1.75. The van der Waals surface area contributed by atoms with Crippen LogP contribution in [0.5, 0.6) is 0 Å². The topological polar surface area (TPSA) is 95.9 Å². The molecular formula is C4HCl4O6-. The lowest BCUT2D eigenvalue weighted by Gasteiger charge is -2.33. The Balaban J connectivity index is 4.67. The van der Waals surface area contributed by atoms with Crippen LogP contribution < -0.4 is 5.11 Å². The lowest BCUT2D eigenvalue weighted by Crippen LogP contribution is -2.46. The van der Waals surface area contributed by atoms with Crippen molar-refractivity contribution in [2.75, 3.05) is 0 Å². The number of alkyl halides is 4. The fourth-order valence-electron chi connectivity index (χ4n) is 0.333. The van der Waals surface area contributed by atoms with Gasteiger partial charge in [-0.25, -0.2) is 4.79 Å². The summed E-state index contributed by atoms with van der Waals surface area (Å²) >= 11 is 20.6. The van der Waals surface area contributed by atoms with Gasteiger partial charge in [-0.15, -0.1) is 0 Å². The molecule has 0 unspecified atom stereocenters. The minimum absolute atomic E-state index is 1.93. The molecule has 0 amide bonds. The van der Waals surface area contributed by atoms with Crippen molar-refractivity contribution in [2.45, 2.75) is 9.04 Å². The monoisotopic (exact) mass is 285 g/mol. The second kappa shape index (κ2) is 4.48. The van der Waals surface area contributed by atoms with Gasteiger partial charge in [0.05, 0.1) is 0 Å². The van der Waals surface area contributed by atoms with Gasteiger partial charge in [-0.1, -0.05) is 46.4 Å². The van der Waals surface area contributed by atoms with Crippen molar-refractivity contribution in [1.29, 1.82) is 0 Å². The Hall–Kier alpha value is -0.300. The van der Waals surface area contributed by atoms with E-state index in [1.807, 2.05) is 0 Å². The van der Waals surface area contributed by atoms with Crippen LogP contribution in [0, 0.1) is 0 Å². The molecule has 10 heteroatoms. The van der Waals surface area contributed by atoms with E-state index in [1.54, 1.807) is 0 Å². The fourth-order valence-corrected chi connectivity index (χ4v) is 0.745. The van der Waals surface area contributed by atoms with Crippen molar-refractivity contribution in [3.8, 4) is 0 Å². The minimum Gasteiger partial charge on any atom is -0.509 e. The van der Waals surface area contributed by atoms with Gasteiger partial charge in [-0.3, -0.25) is 0 Å². The summed E-state index contributed by atoms with van der Waals surface area (Å²) in [6, 6.07) is 0. The summed E-state index contributed by atoms with van der Waals surface area (Å²) < 4.78 is 1.80. The van der Waals surface area contributed by atoms with Crippen LogP contribution in [0.15, 0.2) is 0 Å². The zero-order valence-corrected chi connectivity index (χ0v) is 9.02. The summed E-state index contributed by atoms with van der Waals surface area (Å²) in [7, 11) is 0. The zero-order chi connectivity index (χ0) is 11.6. The Morgan fingerprint density at radius 3 is 1.71 bits per heavy atom. The van der Waals surface area contributed by atoms with Crippen molar-refractivity contribution in [3.05, 3.63) is 0 Å². The van der Waals surface area contributed by atoms with Gasteiger partial charge in [0.15, 0.2) is 0 Å². The van der Waals surface area contributed by atoms with Crippen LogP contribution >= 0.6 is 46.4 Å². The first kappa shape index (κ1) is 13.7. The Morgan fingerprint density at radius 1 is 1.07 bits per heavy atom. The summed E-state index contributed by atoms with van der Waals surface area (Å²) in [5, 5.41) is 18.0. The predicted octanol–water partition coefficient (Wildman–Crippen LogP) is 1.30. The molecule has 0 spiro atoms. The molecule has 1 N–H and O–H groups in total. The molecule has 14 heavy (non-hydrogen) atoms. The molecule has 0 aliphatic carbocycles. The highest BCUT2D eigenvalue weighted by atomic mass is 35.5. The highest BCUT2D eigenvalue weighted by molar-refractivity contribution is 6.61. The van der Waals surface area contributed by atoms with E-state index in [0.717, 1.165) is 0 Å². The average molecular weight is 287 g/mol. The van der Waals surface area contributed by atoms with Crippen LogP contribution in [-0.4, -0.2) is 26.5 Å². The lowest BCUT2D eigenvalue weighted by atomic mass is 10.7. The SMILES string of the molecule is O=C([O-])OC(Cl)(Cl)C(Cl)(Cl)OC(=O)O. The summed E-state index contributed by atoms with van der Waals surface area (Å²) in [6.45, 7) is 0. The number of carboxylic acid groups (broad SMARTS) is 2. The van der Waals surface area contributed by atoms with Gasteiger partial charge in [-0.2, -0.15) is 0 Å². The molecule has 6 nitrogen and oxygen atoms in total. The second-order valence-corrected chi connectivity index (χ2v) is 4.27. The first-order valence-corrected chi connectivity index (χ1v) is 4.17. The maximum Gasteiger partial charge on any atom is 0.508 e. The standard InChI is InChI=1S/C4H2Cl4O6/c5-3(6,13-1(9)10)4(7,8)14-2(11)12/h(H,9,10)(H,11,12)/p-1. The smallest absolute Gasteiger partial charge is 0.508 e. The molecule has 0 fully saturated rings. The van der Waals surface area contributed by atoms with Crippen LogP contribution in [0.3, 0.4) is 0 Å². The Labute approximate surface area is 97.2 Å². The number of ether oxygens (including phenoxy) is 2. The van der Waals surface area contributed by atoms with Crippen LogP contribution in [-0.2, 0) is 9.47 Å². The molecule has 0 heterocycles. The normalized spacial score (nSPS) is 12.0. The molecule has 82 valence electrons. The highest BCUT2D eigenvalue weighted by Crippen LogP contribution is 2.44. The third-order valence-electron chi connectivity index (χ3n) is 0.766. The quantitative estimate of drug-likeness (QED) is 0.621.